The maximum atomic E-state index is 12.7. The summed E-state index contributed by atoms with van der Waals surface area (Å²) in [6.07, 6.45) is 0.583. The van der Waals surface area contributed by atoms with Gasteiger partial charge in [-0.15, -0.1) is 0 Å². The average Bonchev–Trinajstić information content (AvgIpc) is 2.70. The Morgan fingerprint density at radius 1 is 0.929 bits per heavy atom. The number of carboxylic acid groups (broad SMARTS) is 1. The zero-order chi connectivity index (χ0) is 20.5. The molecule has 0 heterocycles. The van der Waals surface area contributed by atoms with Gasteiger partial charge in [-0.25, -0.2) is 0 Å². The van der Waals surface area contributed by atoms with Gasteiger partial charge in [0, 0.05) is 13.0 Å². The van der Waals surface area contributed by atoms with Gasteiger partial charge in [0.15, 0.2) is 11.5 Å². The van der Waals surface area contributed by atoms with E-state index >= 15 is 0 Å². The minimum atomic E-state index is -1.04. The van der Waals surface area contributed by atoms with Crippen LogP contribution in [0.5, 0.6) is 17.2 Å². The van der Waals surface area contributed by atoms with E-state index in [1.54, 1.807) is 12.1 Å². The van der Waals surface area contributed by atoms with Crippen LogP contribution in [0.15, 0.2) is 42.5 Å². The van der Waals surface area contributed by atoms with Gasteiger partial charge in [-0.1, -0.05) is 30.3 Å². The average molecular weight is 387 g/mol. The third-order valence-electron chi connectivity index (χ3n) is 4.25. The molecule has 1 N–H and O–H groups in total. The smallest absolute Gasteiger partial charge is 0.323 e. The fourth-order valence-electron chi connectivity index (χ4n) is 2.89. The van der Waals surface area contributed by atoms with Crippen LogP contribution in [0.4, 0.5) is 0 Å². The van der Waals surface area contributed by atoms with Gasteiger partial charge in [0.25, 0.3) is 0 Å². The third-order valence-corrected chi connectivity index (χ3v) is 4.25. The number of carbonyl (C=O) groups excluding carboxylic acids is 1. The lowest BCUT2D eigenvalue weighted by Gasteiger charge is -2.21. The van der Waals surface area contributed by atoms with E-state index in [-0.39, 0.29) is 25.4 Å². The van der Waals surface area contributed by atoms with Crippen molar-refractivity contribution in [2.75, 3.05) is 27.9 Å². The first-order valence-corrected chi connectivity index (χ1v) is 8.80. The van der Waals surface area contributed by atoms with Crippen LogP contribution >= 0.6 is 0 Å². The lowest BCUT2D eigenvalue weighted by atomic mass is 10.1. The van der Waals surface area contributed by atoms with Crippen LogP contribution in [-0.4, -0.2) is 49.8 Å². The standard InChI is InChI=1S/C21H25NO6/c1-26-17-11-16(12-18(27-2)21(17)28-3)9-10-19(23)22(14-20(24)25)13-15-7-5-4-6-8-15/h4-8,11-12H,9-10,13-14H2,1-3H3,(H,24,25). The summed E-state index contributed by atoms with van der Waals surface area (Å²) in [6.45, 7) is -0.0930. The predicted molar refractivity (Wildman–Crippen MR) is 104 cm³/mol. The first kappa shape index (κ1) is 21.1. The molecule has 0 saturated heterocycles. The number of carboxylic acids is 1. The van der Waals surface area contributed by atoms with Crippen molar-refractivity contribution in [1.29, 1.82) is 0 Å². The van der Waals surface area contributed by atoms with Crippen LogP contribution in [0.3, 0.4) is 0 Å². The molecule has 0 atom stereocenters. The Labute approximate surface area is 164 Å². The Hall–Kier alpha value is -3.22. The molecule has 0 fully saturated rings. The number of carbonyl (C=O) groups is 2. The molecule has 2 rings (SSSR count). The number of nitrogens with zero attached hydrogens (tertiary/aromatic N) is 1. The Balaban J connectivity index is 2.12. The lowest BCUT2D eigenvalue weighted by molar-refractivity contribution is -0.144. The number of aliphatic carboxylic acids is 1. The minimum Gasteiger partial charge on any atom is -0.493 e. The van der Waals surface area contributed by atoms with E-state index in [9.17, 15) is 9.59 Å². The summed E-state index contributed by atoms with van der Waals surface area (Å²) in [5.41, 5.74) is 1.71. The van der Waals surface area contributed by atoms with Crippen LogP contribution in [0, 0.1) is 0 Å². The summed E-state index contributed by atoms with van der Waals surface area (Å²) in [7, 11) is 4.58. The largest absolute Gasteiger partial charge is 0.493 e. The Bertz CT molecular complexity index is 781. The van der Waals surface area contributed by atoms with Crippen LogP contribution in [-0.2, 0) is 22.6 Å². The summed E-state index contributed by atoms with van der Waals surface area (Å²) in [5, 5.41) is 9.15. The molecule has 7 nitrogen and oxygen atoms in total. The molecule has 0 aliphatic rings. The number of ether oxygens (including phenoxy) is 3. The van der Waals surface area contributed by atoms with Crippen molar-refractivity contribution in [3.8, 4) is 17.2 Å². The highest BCUT2D eigenvalue weighted by Crippen LogP contribution is 2.38. The van der Waals surface area contributed by atoms with Crippen molar-refractivity contribution in [3.63, 3.8) is 0 Å². The maximum absolute atomic E-state index is 12.7. The third kappa shape index (κ3) is 5.64. The molecule has 0 unspecified atom stereocenters. The molecule has 0 spiro atoms. The topological polar surface area (TPSA) is 85.3 Å². The van der Waals surface area contributed by atoms with Gasteiger partial charge in [0.05, 0.1) is 21.3 Å². The molecule has 0 radical (unpaired) electrons. The van der Waals surface area contributed by atoms with Crippen molar-refractivity contribution >= 4 is 11.9 Å². The molecule has 1 amide bonds. The highest BCUT2D eigenvalue weighted by Gasteiger charge is 2.18. The van der Waals surface area contributed by atoms with Gasteiger partial charge in [-0.05, 0) is 29.7 Å². The SMILES string of the molecule is COc1cc(CCC(=O)N(CC(=O)O)Cc2ccccc2)cc(OC)c1OC. The number of hydrogen-bond acceptors (Lipinski definition) is 5. The first-order valence-electron chi connectivity index (χ1n) is 8.80. The molecule has 0 aliphatic carbocycles. The molecule has 0 aromatic heterocycles. The van der Waals surface area contributed by atoms with E-state index in [0.717, 1.165) is 11.1 Å². The van der Waals surface area contributed by atoms with Gasteiger partial charge in [0.1, 0.15) is 6.54 Å². The molecule has 0 saturated carbocycles. The van der Waals surface area contributed by atoms with Crippen molar-refractivity contribution in [3.05, 3.63) is 53.6 Å². The number of amides is 1. The van der Waals surface area contributed by atoms with E-state index in [4.69, 9.17) is 19.3 Å². The van der Waals surface area contributed by atoms with Gasteiger partial charge in [0.2, 0.25) is 11.7 Å². The molecule has 0 bridgehead atoms. The van der Waals surface area contributed by atoms with E-state index in [2.05, 4.69) is 0 Å². The van der Waals surface area contributed by atoms with Crippen LogP contribution in [0.2, 0.25) is 0 Å². The molecular weight excluding hydrogens is 362 g/mol. The second kappa shape index (κ2) is 10.2. The van der Waals surface area contributed by atoms with Crippen molar-refractivity contribution in [1.82, 2.24) is 4.90 Å². The highest BCUT2D eigenvalue weighted by atomic mass is 16.5. The lowest BCUT2D eigenvalue weighted by Crippen LogP contribution is -2.35. The van der Waals surface area contributed by atoms with Gasteiger partial charge in [-0.3, -0.25) is 9.59 Å². The van der Waals surface area contributed by atoms with E-state index < -0.39 is 5.97 Å². The van der Waals surface area contributed by atoms with Crippen molar-refractivity contribution in [2.45, 2.75) is 19.4 Å². The second-order valence-electron chi connectivity index (χ2n) is 6.16. The predicted octanol–water partition coefficient (Wildman–Crippen LogP) is 2.76. The number of benzene rings is 2. The molecule has 150 valence electrons. The summed E-state index contributed by atoms with van der Waals surface area (Å²) >= 11 is 0. The van der Waals surface area contributed by atoms with Gasteiger partial charge in [-0.2, -0.15) is 0 Å². The number of rotatable bonds is 10. The maximum Gasteiger partial charge on any atom is 0.323 e. The minimum absolute atomic E-state index is 0.165. The van der Waals surface area contributed by atoms with Crippen molar-refractivity contribution < 1.29 is 28.9 Å². The van der Waals surface area contributed by atoms with E-state index in [0.29, 0.717) is 23.7 Å². The molecule has 2 aromatic carbocycles. The van der Waals surface area contributed by atoms with Crippen molar-refractivity contribution in [2.24, 2.45) is 0 Å². The zero-order valence-corrected chi connectivity index (χ0v) is 16.3. The van der Waals surface area contributed by atoms with Crippen LogP contribution in [0.25, 0.3) is 0 Å². The van der Waals surface area contributed by atoms with Gasteiger partial charge < -0.3 is 24.2 Å². The van der Waals surface area contributed by atoms with E-state index in [1.165, 1.54) is 26.2 Å². The summed E-state index contributed by atoms with van der Waals surface area (Å²) in [4.78, 5) is 25.2. The number of methoxy groups -OCH3 is 3. The molecule has 2 aromatic rings. The normalized spacial score (nSPS) is 10.2. The highest BCUT2D eigenvalue weighted by molar-refractivity contribution is 5.81. The molecular formula is C21H25NO6. The Morgan fingerprint density at radius 2 is 1.54 bits per heavy atom. The molecule has 7 heteroatoms. The molecule has 28 heavy (non-hydrogen) atoms. The summed E-state index contributed by atoms with van der Waals surface area (Å²) in [5.74, 6) is 0.223. The Kier molecular flexibility index (Phi) is 7.68. The Morgan fingerprint density at radius 3 is 2.04 bits per heavy atom. The van der Waals surface area contributed by atoms with Crippen LogP contribution < -0.4 is 14.2 Å². The second-order valence-corrected chi connectivity index (χ2v) is 6.16. The quantitative estimate of drug-likeness (QED) is 0.675. The monoisotopic (exact) mass is 387 g/mol. The van der Waals surface area contributed by atoms with Crippen LogP contribution in [0.1, 0.15) is 17.5 Å². The first-order chi connectivity index (χ1) is 13.5. The van der Waals surface area contributed by atoms with E-state index in [1.807, 2.05) is 30.3 Å². The fourth-order valence-corrected chi connectivity index (χ4v) is 2.89. The number of hydrogen-bond donors (Lipinski definition) is 1. The molecule has 0 aliphatic heterocycles. The fraction of sp³-hybridized carbons (Fsp3) is 0.333. The zero-order valence-electron chi connectivity index (χ0n) is 16.3. The summed E-state index contributed by atoms with van der Waals surface area (Å²) in [6, 6.07) is 12.9. The summed E-state index contributed by atoms with van der Waals surface area (Å²) < 4.78 is 16.0. The van der Waals surface area contributed by atoms with Gasteiger partial charge >= 0.3 is 5.97 Å². The number of aryl methyl sites for hydroxylation is 1.